The predicted octanol–water partition coefficient (Wildman–Crippen LogP) is 4.63. The zero-order chi connectivity index (χ0) is 19.5. The molecule has 7 heteroatoms. The number of hydrogen-bond donors (Lipinski definition) is 2. The lowest BCUT2D eigenvalue weighted by molar-refractivity contribution is -0.113. The van der Waals surface area contributed by atoms with Crippen molar-refractivity contribution in [1.82, 2.24) is 10.2 Å². The largest absolute Gasteiger partial charge is 0.508 e. The van der Waals surface area contributed by atoms with Gasteiger partial charge in [0.25, 0.3) is 5.22 Å². The average Bonchev–Trinajstić information content (AvgIpc) is 3.18. The second-order valence-electron chi connectivity index (χ2n) is 6.27. The number of benzene rings is 3. The number of nitrogens with zero attached hydrogens (tertiary/aromatic N) is 2. The Hall–Kier alpha value is -3.32. The minimum atomic E-state index is -0.194. The molecule has 0 unspecified atom stereocenters. The molecule has 0 radical (unpaired) electrons. The summed E-state index contributed by atoms with van der Waals surface area (Å²) >= 11 is 1.17. The van der Waals surface area contributed by atoms with Crippen LogP contribution in [0.3, 0.4) is 0 Å². The molecule has 6 nitrogen and oxygen atoms in total. The van der Waals surface area contributed by atoms with E-state index < -0.39 is 0 Å². The molecule has 0 fully saturated rings. The molecule has 140 valence electrons. The minimum Gasteiger partial charge on any atom is -0.508 e. The number of fused-ring (bicyclic) bond motifs is 1. The molecule has 1 heterocycles. The van der Waals surface area contributed by atoms with Gasteiger partial charge in [0.15, 0.2) is 0 Å². The number of aromatic hydroxyl groups is 1. The standard InChI is InChI=1S/C21H17N3O3S/c1-13-10-17(8-9-18(13)25)22-19(26)12-28-21-24-23-20(27-21)16-7-6-14-4-2-3-5-15(14)11-16/h2-11,25H,12H2,1H3,(H,22,26). The second kappa shape index (κ2) is 7.74. The fourth-order valence-electron chi connectivity index (χ4n) is 2.76. The molecule has 3 aromatic carbocycles. The maximum atomic E-state index is 12.1. The van der Waals surface area contributed by atoms with Crippen LogP contribution >= 0.6 is 11.8 Å². The first-order valence-corrected chi connectivity index (χ1v) is 9.62. The number of rotatable bonds is 5. The molecule has 4 rings (SSSR count). The second-order valence-corrected chi connectivity index (χ2v) is 7.20. The number of amides is 1. The van der Waals surface area contributed by atoms with Crippen LogP contribution in [0, 0.1) is 6.92 Å². The highest BCUT2D eigenvalue weighted by molar-refractivity contribution is 7.99. The van der Waals surface area contributed by atoms with E-state index in [4.69, 9.17) is 4.42 Å². The van der Waals surface area contributed by atoms with E-state index in [1.807, 2.05) is 42.5 Å². The average molecular weight is 391 g/mol. The van der Waals surface area contributed by atoms with Gasteiger partial charge in [-0.15, -0.1) is 10.2 Å². The van der Waals surface area contributed by atoms with Crippen LogP contribution in [0.25, 0.3) is 22.2 Å². The molecule has 1 amide bonds. The molecular weight excluding hydrogens is 374 g/mol. The van der Waals surface area contributed by atoms with Crippen LogP contribution in [0.15, 0.2) is 70.3 Å². The quantitative estimate of drug-likeness (QED) is 0.381. The monoisotopic (exact) mass is 391 g/mol. The lowest BCUT2D eigenvalue weighted by Crippen LogP contribution is -2.14. The van der Waals surface area contributed by atoms with Gasteiger partial charge < -0.3 is 14.8 Å². The molecule has 0 atom stereocenters. The van der Waals surface area contributed by atoms with Crippen molar-refractivity contribution >= 4 is 34.1 Å². The van der Waals surface area contributed by atoms with Crippen molar-refractivity contribution in [3.63, 3.8) is 0 Å². The molecule has 1 aromatic heterocycles. The lowest BCUT2D eigenvalue weighted by Gasteiger charge is -2.06. The van der Waals surface area contributed by atoms with Gasteiger partial charge in [-0.1, -0.05) is 42.1 Å². The molecule has 0 spiro atoms. The Labute approximate surface area is 165 Å². The zero-order valence-corrected chi connectivity index (χ0v) is 15.9. The van der Waals surface area contributed by atoms with Crippen molar-refractivity contribution < 1.29 is 14.3 Å². The zero-order valence-electron chi connectivity index (χ0n) is 15.0. The summed E-state index contributed by atoms with van der Waals surface area (Å²) < 4.78 is 5.68. The van der Waals surface area contributed by atoms with E-state index in [-0.39, 0.29) is 17.4 Å². The molecule has 2 N–H and O–H groups in total. The van der Waals surface area contributed by atoms with Crippen molar-refractivity contribution in [3.8, 4) is 17.2 Å². The summed E-state index contributed by atoms with van der Waals surface area (Å²) in [6, 6.07) is 18.9. The summed E-state index contributed by atoms with van der Waals surface area (Å²) in [4.78, 5) is 12.1. The van der Waals surface area contributed by atoms with Crippen LogP contribution < -0.4 is 5.32 Å². The van der Waals surface area contributed by atoms with Crippen molar-refractivity contribution in [2.75, 3.05) is 11.1 Å². The highest BCUT2D eigenvalue weighted by Gasteiger charge is 2.12. The molecule has 0 aliphatic heterocycles. The SMILES string of the molecule is Cc1cc(NC(=O)CSc2nnc(-c3ccc4ccccc4c3)o2)ccc1O. The van der Waals surface area contributed by atoms with Crippen molar-refractivity contribution in [3.05, 3.63) is 66.2 Å². The van der Waals surface area contributed by atoms with Crippen LogP contribution in [-0.4, -0.2) is 27.0 Å². The summed E-state index contributed by atoms with van der Waals surface area (Å²) in [5.41, 5.74) is 2.16. The van der Waals surface area contributed by atoms with E-state index in [9.17, 15) is 9.90 Å². The Morgan fingerprint density at radius 2 is 1.89 bits per heavy atom. The number of carbonyl (C=O) groups excluding carboxylic acids is 1. The van der Waals surface area contributed by atoms with Crippen LogP contribution in [0.2, 0.25) is 0 Å². The summed E-state index contributed by atoms with van der Waals surface area (Å²) in [5.74, 6) is 0.557. The third kappa shape index (κ3) is 3.99. The van der Waals surface area contributed by atoms with E-state index in [1.165, 1.54) is 11.8 Å². The third-order valence-corrected chi connectivity index (χ3v) is 5.03. The molecule has 0 aliphatic rings. The normalized spacial score (nSPS) is 10.9. The fourth-order valence-corrected chi connectivity index (χ4v) is 3.33. The number of thioether (sulfide) groups is 1. The Kier molecular flexibility index (Phi) is 4.99. The summed E-state index contributed by atoms with van der Waals surface area (Å²) in [7, 11) is 0. The van der Waals surface area contributed by atoms with Gasteiger partial charge in [-0.25, -0.2) is 0 Å². The van der Waals surface area contributed by atoms with E-state index in [0.29, 0.717) is 22.4 Å². The molecule has 4 aromatic rings. The van der Waals surface area contributed by atoms with Gasteiger partial charge in [0, 0.05) is 11.3 Å². The first kappa shape index (κ1) is 18.1. The van der Waals surface area contributed by atoms with E-state index >= 15 is 0 Å². The van der Waals surface area contributed by atoms with Crippen LogP contribution in [-0.2, 0) is 4.79 Å². The van der Waals surface area contributed by atoms with Gasteiger partial charge in [0.1, 0.15) is 5.75 Å². The number of anilines is 1. The van der Waals surface area contributed by atoms with Gasteiger partial charge in [-0.05, 0) is 53.6 Å². The number of aryl methyl sites for hydroxylation is 1. The first-order chi connectivity index (χ1) is 13.6. The predicted molar refractivity (Wildman–Crippen MR) is 109 cm³/mol. The Morgan fingerprint density at radius 3 is 2.71 bits per heavy atom. The number of carbonyl (C=O) groups is 1. The Morgan fingerprint density at radius 1 is 1.07 bits per heavy atom. The Bertz CT molecular complexity index is 1160. The first-order valence-electron chi connectivity index (χ1n) is 8.63. The van der Waals surface area contributed by atoms with E-state index in [2.05, 4.69) is 15.5 Å². The molecule has 0 saturated carbocycles. The molecule has 0 aliphatic carbocycles. The molecule has 0 saturated heterocycles. The maximum absolute atomic E-state index is 12.1. The van der Waals surface area contributed by atoms with Gasteiger partial charge in [0.05, 0.1) is 5.75 Å². The topological polar surface area (TPSA) is 88.3 Å². The molecular formula is C21H17N3O3S. The van der Waals surface area contributed by atoms with Gasteiger partial charge in [-0.3, -0.25) is 4.79 Å². The Balaban J connectivity index is 1.40. The van der Waals surface area contributed by atoms with Crippen molar-refractivity contribution in [1.29, 1.82) is 0 Å². The highest BCUT2D eigenvalue weighted by Crippen LogP contribution is 2.26. The minimum absolute atomic E-state index is 0.138. The molecule has 0 bridgehead atoms. The number of nitrogens with one attached hydrogen (secondary N) is 1. The van der Waals surface area contributed by atoms with Gasteiger partial charge in [-0.2, -0.15) is 0 Å². The number of hydrogen-bond acceptors (Lipinski definition) is 6. The summed E-state index contributed by atoms with van der Waals surface area (Å²) in [6.45, 7) is 1.77. The number of phenolic OH excluding ortho intramolecular Hbond substituents is 1. The van der Waals surface area contributed by atoms with E-state index in [0.717, 1.165) is 16.3 Å². The fraction of sp³-hybridized carbons (Fsp3) is 0.0952. The maximum Gasteiger partial charge on any atom is 0.277 e. The van der Waals surface area contributed by atoms with Gasteiger partial charge >= 0.3 is 0 Å². The smallest absolute Gasteiger partial charge is 0.277 e. The van der Waals surface area contributed by atoms with Gasteiger partial charge in [0.2, 0.25) is 11.8 Å². The highest BCUT2D eigenvalue weighted by atomic mass is 32.2. The number of phenols is 1. The third-order valence-electron chi connectivity index (χ3n) is 4.21. The summed E-state index contributed by atoms with van der Waals surface area (Å²) in [5, 5.41) is 23.0. The van der Waals surface area contributed by atoms with Crippen LogP contribution in [0.5, 0.6) is 5.75 Å². The van der Waals surface area contributed by atoms with Crippen LogP contribution in [0.1, 0.15) is 5.56 Å². The number of aromatic nitrogens is 2. The van der Waals surface area contributed by atoms with Crippen molar-refractivity contribution in [2.45, 2.75) is 12.1 Å². The van der Waals surface area contributed by atoms with E-state index in [1.54, 1.807) is 25.1 Å². The lowest BCUT2D eigenvalue weighted by atomic mass is 10.1. The molecule has 28 heavy (non-hydrogen) atoms. The van der Waals surface area contributed by atoms with Crippen molar-refractivity contribution in [2.24, 2.45) is 0 Å². The van der Waals surface area contributed by atoms with Crippen LogP contribution in [0.4, 0.5) is 5.69 Å². The summed E-state index contributed by atoms with van der Waals surface area (Å²) in [6.07, 6.45) is 0.